The van der Waals surface area contributed by atoms with Crippen molar-refractivity contribution in [1.82, 2.24) is 0 Å². The molecule has 3 nitrogen and oxygen atoms in total. The van der Waals surface area contributed by atoms with Crippen molar-refractivity contribution >= 4 is 34.3 Å². The molecule has 1 aliphatic carbocycles. The summed E-state index contributed by atoms with van der Waals surface area (Å²) in [6.07, 6.45) is 3.81. The van der Waals surface area contributed by atoms with Gasteiger partial charge in [0.2, 0.25) is 0 Å². The van der Waals surface area contributed by atoms with Crippen LogP contribution in [0.5, 0.6) is 0 Å². The maximum Gasteiger partial charge on any atom is 0.321 e. The van der Waals surface area contributed by atoms with E-state index in [2.05, 4.69) is 29.5 Å². The minimum absolute atomic E-state index is 0.0207. The lowest BCUT2D eigenvalue weighted by Crippen LogP contribution is -2.46. The quantitative estimate of drug-likeness (QED) is 0.346. The van der Waals surface area contributed by atoms with Gasteiger partial charge in [-0.1, -0.05) is 42.4 Å². The van der Waals surface area contributed by atoms with E-state index >= 15 is 0 Å². The maximum absolute atomic E-state index is 12.0. The molecule has 84 valence electrons. The van der Waals surface area contributed by atoms with Gasteiger partial charge in [0.05, 0.1) is 3.92 Å². The Morgan fingerprint density at radius 1 is 1.53 bits per heavy atom. The molecular weight excluding hydrogens is 307 g/mol. The summed E-state index contributed by atoms with van der Waals surface area (Å²) in [5.41, 5.74) is -0.792. The largest absolute Gasteiger partial charge is 0.460 e. The van der Waals surface area contributed by atoms with Crippen molar-refractivity contribution in [3.63, 3.8) is 0 Å². The Labute approximate surface area is 103 Å². The van der Waals surface area contributed by atoms with Gasteiger partial charge in [-0.05, 0) is 12.8 Å². The van der Waals surface area contributed by atoms with Gasteiger partial charge in [0.25, 0.3) is 0 Å². The van der Waals surface area contributed by atoms with Gasteiger partial charge < -0.3 is 4.74 Å². The first kappa shape index (κ1) is 11.4. The van der Waals surface area contributed by atoms with Crippen LogP contribution in [0.25, 0.3) is 0 Å². The van der Waals surface area contributed by atoms with E-state index < -0.39 is 5.41 Å². The summed E-state index contributed by atoms with van der Waals surface area (Å²) in [7, 11) is 0. The molecule has 1 saturated carbocycles. The topological polar surface area (TPSA) is 43.4 Å². The molecular formula is C11H15IO3. The molecule has 2 bridgehead atoms. The Bertz CT molecular complexity index is 292. The molecule has 0 spiro atoms. The van der Waals surface area contributed by atoms with Crippen molar-refractivity contribution in [3.8, 4) is 0 Å². The van der Waals surface area contributed by atoms with Crippen LogP contribution in [-0.2, 0) is 14.3 Å². The number of ketones is 1. The van der Waals surface area contributed by atoms with E-state index in [9.17, 15) is 9.59 Å². The van der Waals surface area contributed by atoms with E-state index in [0.29, 0.717) is 19.3 Å². The third kappa shape index (κ3) is 1.52. The second kappa shape index (κ2) is 4.03. The molecule has 4 heteroatoms. The number of carbonyl (C=O) groups is 2. The van der Waals surface area contributed by atoms with Crippen LogP contribution >= 0.6 is 22.6 Å². The molecule has 15 heavy (non-hydrogen) atoms. The average Bonchev–Trinajstić information content (AvgIpc) is 2.37. The van der Waals surface area contributed by atoms with Gasteiger partial charge in [-0.25, -0.2) is 0 Å². The molecule has 1 heterocycles. The first-order chi connectivity index (χ1) is 7.13. The fourth-order valence-electron chi connectivity index (χ4n) is 2.54. The molecule has 0 aromatic carbocycles. The molecule has 1 unspecified atom stereocenters. The number of alkyl halides is 1. The standard InChI is InChI=1S/C11H15IO3/c1-2-3-6-11-8(13)5-4-7(9(11)12)15-10(11)14/h7,9H,2-6H2,1H3/t7-,9?,11+/m1/s1. The van der Waals surface area contributed by atoms with Crippen LogP contribution in [0.4, 0.5) is 0 Å². The van der Waals surface area contributed by atoms with E-state index in [4.69, 9.17) is 4.74 Å². The van der Waals surface area contributed by atoms with Crippen molar-refractivity contribution in [2.45, 2.75) is 49.1 Å². The number of unbranched alkanes of at least 4 members (excludes halogenated alkanes) is 1. The van der Waals surface area contributed by atoms with Crippen molar-refractivity contribution in [3.05, 3.63) is 0 Å². The smallest absolute Gasteiger partial charge is 0.321 e. The van der Waals surface area contributed by atoms with Gasteiger partial charge in [-0.15, -0.1) is 0 Å². The zero-order valence-electron chi connectivity index (χ0n) is 8.79. The van der Waals surface area contributed by atoms with E-state index in [1.54, 1.807) is 0 Å². The SMILES string of the molecule is CCCC[C@@]12C(=O)CC[C@@H](OC1=O)C2I. The number of esters is 1. The van der Waals surface area contributed by atoms with Crippen molar-refractivity contribution in [1.29, 1.82) is 0 Å². The lowest BCUT2D eigenvalue weighted by molar-refractivity contribution is -0.151. The predicted octanol–water partition coefficient (Wildman–Crippen LogP) is 2.25. The lowest BCUT2D eigenvalue weighted by atomic mass is 9.71. The molecule has 0 aromatic rings. The van der Waals surface area contributed by atoms with E-state index in [0.717, 1.165) is 12.8 Å². The van der Waals surface area contributed by atoms with Gasteiger partial charge >= 0.3 is 5.97 Å². The number of rotatable bonds is 3. The zero-order valence-corrected chi connectivity index (χ0v) is 11.0. The van der Waals surface area contributed by atoms with E-state index in [1.165, 1.54) is 0 Å². The first-order valence-electron chi connectivity index (χ1n) is 5.51. The van der Waals surface area contributed by atoms with Crippen molar-refractivity contribution in [2.24, 2.45) is 5.41 Å². The van der Waals surface area contributed by atoms with Crippen LogP contribution in [0.1, 0.15) is 39.0 Å². The number of ether oxygens (including phenoxy) is 1. The number of hydrogen-bond donors (Lipinski definition) is 0. The number of fused-ring (bicyclic) bond motifs is 2. The monoisotopic (exact) mass is 322 g/mol. The molecule has 2 fully saturated rings. The Morgan fingerprint density at radius 3 is 2.93 bits per heavy atom. The van der Waals surface area contributed by atoms with Crippen LogP contribution in [0.2, 0.25) is 0 Å². The normalized spacial score (nSPS) is 39.3. The Balaban J connectivity index is 2.29. The predicted molar refractivity (Wildman–Crippen MR) is 63.9 cm³/mol. The van der Waals surface area contributed by atoms with Gasteiger partial charge in [0.1, 0.15) is 11.5 Å². The van der Waals surface area contributed by atoms with Crippen molar-refractivity contribution in [2.75, 3.05) is 0 Å². The second-order valence-electron chi connectivity index (χ2n) is 4.38. The third-order valence-electron chi connectivity index (χ3n) is 3.50. The molecule has 3 atom stereocenters. The van der Waals surface area contributed by atoms with Gasteiger partial charge in [-0.2, -0.15) is 0 Å². The highest BCUT2D eigenvalue weighted by atomic mass is 127. The highest BCUT2D eigenvalue weighted by molar-refractivity contribution is 14.1. The summed E-state index contributed by atoms with van der Waals surface area (Å²) >= 11 is 2.23. The van der Waals surface area contributed by atoms with Crippen LogP contribution in [0.15, 0.2) is 0 Å². The molecule has 0 amide bonds. The lowest BCUT2D eigenvalue weighted by Gasteiger charge is -2.31. The third-order valence-corrected chi connectivity index (χ3v) is 5.36. The second-order valence-corrected chi connectivity index (χ2v) is 5.72. The van der Waals surface area contributed by atoms with Gasteiger partial charge in [0, 0.05) is 6.42 Å². The number of Topliss-reactive ketones (excluding diaryl/α,β-unsaturated/α-hetero) is 1. The number of halogens is 1. The summed E-state index contributed by atoms with van der Waals surface area (Å²) < 4.78 is 5.35. The maximum atomic E-state index is 12.0. The first-order valence-corrected chi connectivity index (χ1v) is 6.76. The zero-order chi connectivity index (χ0) is 11.1. The van der Waals surface area contributed by atoms with Crippen LogP contribution in [-0.4, -0.2) is 21.8 Å². The molecule has 0 radical (unpaired) electrons. The fourth-order valence-corrected chi connectivity index (χ4v) is 3.96. The summed E-state index contributed by atoms with van der Waals surface area (Å²) in [4.78, 5) is 23.9. The van der Waals surface area contributed by atoms with Crippen LogP contribution < -0.4 is 0 Å². The highest BCUT2D eigenvalue weighted by Gasteiger charge is 2.62. The van der Waals surface area contributed by atoms with Crippen molar-refractivity contribution < 1.29 is 14.3 Å². The minimum Gasteiger partial charge on any atom is -0.460 e. The highest BCUT2D eigenvalue weighted by Crippen LogP contribution is 2.49. The van der Waals surface area contributed by atoms with E-state index in [1.807, 2.05) is 0 Å². The van der Waals surface area contributed by atoms with Gasteiger partial charge in [-0.3, -0.25) is 9.59 Å². The fraction of sp³-hybridized carbons (Fsp3) is 0.818. The Hall–Kier alpha value is -0.130. The molecule has 0 N–H and O–H groups in total. The molecule has 2 aliphatic rings. The van der Waals surface area contributed by atoms with Crippen LogP contribution in [0, 0.1) is 5.41 Å². The Kier molecular flexibility index (Phi) is 3.05. The summed E-state index contributed by atoms with van der Waals surface area (Å²) in [6, 6.07) is 0. The summed E-state index contributed by atoms with van der Waals surface area (Å²) in [5.74, 6) is -0.156. The number of carbonyl (C=O) groups excluding carboxylic acids is 2. The molecule has 1 saturated heterocycles. The Morgan fingerprint density at radius 2 is 2.27 bits per heavy atom. The molecule has 1 aliphatic heterocycles. The summed E-state index contributed by atoms with van der Waals surface area (Å²) in [6.45, 7) is 2.07. The molecule has 0 aromatic heterocycles. The minimum atomic E-state index is -0.792. The van der Waals surface area contributed by atoms with Crippen LogP contribution in [0.3, 0.4) is 0 Å². The number of hydrogen-bond acceptors (Lipinski definition) is 3. The van der Waals surface area contributed by atoms with E-state index in [-0.39, 0.29) is 21.8 Å². The summed E-state index contributed by atoms with van der Waals surface area (Å²) in [5, 5.41) is 0. The molecule has 2 rings (SSSR count). The van der Waals surface area contributed by atoms with Gasteiger partial charge in [0.15, 0.2) is 5.78 Å². The average molecular weight is 322 g/mol.